The van der Waals surface area contributed by atoms with Gasteiger partial charge in [0.25, 0.3) is 5.91 Å². The summed E-state index contributed by atoms with van der Waals surface area (Å²) in [5, 5.41) is 3.66. The van der Waals surface area contributed by atoms with Gasteiger partial charge in [-0.05, 0) is 36.5 Å². The molecule has 5 heteroatoms. The Morgan fingerprint density at radius 2 is 1.86 bits per heavy atom. The van der Waals surface area contributed by atoms with Gasteiger partial charge in [0.2, 0.25) is 5.91 Å². The molecule has 2 amide bonds. The van der Waals surface area contributed by atoms with Crippen molar-refractivity contribution in [3.8, 4) is 0 Å². The number of nitrogens with one attached hydrogen (secondary N) is 1. The van der Waals surface area contributed by atoms with Gasteiger partial charge in [-0.1, -0.05) is 28.1 Å². The molecule has 114 valence electrons. The fourth-order valence-corrected chi connectivity index (χ4v) is 2.92. The molecule has 0 saturated carbocycles. The molecule has 0 aromatic heterocycles. The third-order valence-corrected chi connectivity index (χ3v) is 4.54. The highest BCUT2D eigenvalue weighted by atomic mass is 79.9. The summed E-state index contributed by atoms with van der Waals surface area (Å²) in [7, 11) is 0. The second-order valence-corrected chi connectivity index (χ2v) is 6.06. The topological polar surface area (TPSA) is 49.4 Å². The molecule has 0 unspecified atom stereocenters. The molecule has 2 rings (SSSR count). The van der Waals surface area contributed by atoms with Gasteiger partial charge in [0.1, 0.15) is 0 Å². The normalized spacial score (nSPS) is 15.8. The molecule has 4 nitrogen and oxygen atoms in total. The van der Waals surface area contributed by atoms with Crippen molar-refractivity contribution in [2.45, 2.75) is 25.1 Å². The van der Waals surface area contributed by atoms with E-state index in [0.29, 0.717) is 5.92 Å². The standard InChI is InChI=1S/C16H21BrN2O2/c1-12(20)18-11-14-6-8-19(9-7-14)16(21)15-4-2-13(10-17)3-5-15/h2-5,14H,6-11H2,1H3,(H,18,20). The van der Waals surface area contributed by atoms with Crippen LogP contribution in [-0.4, -0.2) is 36.3 Å². The smallest absolute Gasteiger partial charge is 0.253 e. The molecule has 0 aliphatic carbocycles. The highest BCUT2D eigenvalue weighted by Crippen LogP contribution is 2.19. The molecule has 1 N–H and O–H groups in total. The summed E-state index contributed by atoms with van der Waals surface area (Å²) in [5.41, 5.74) is 1.92. The Bertz CT molecular complexity index is 494. The van der Waals surface area contributed by atoms with E-state index in [-0.39, 0.29) is 11.8 Å². The Balaban J connectivity index is 1.86. The lowest BCUT2D eigenvalue weighted by atomic mass is 9.96. The van der Waals surface area contributed by atoms with Gasteiger partial charge in [-0.25, -0.2) is 0 Å². The van der Waals surface area contributed by atoms with Crippen LogP contribution in [0.2, 0.25) is 0 Å². The lowest BCUT2D eigenvalue weighted by Gasteiger charge is -2.32. The van der Waals surface area contributed by atoms with Crippen LogP contribution in [0, 0.1) is 5.92 Å². The minimum atomic E-state index is 0.0142. The van der Waals surface area contributed by atoms with Crippen molar-refractivity contribution in [2.24, 2.45) is 5.92 Å². The fraction of sp³-hybridized carbons (Fsp3) is 0.500. The number of likely N-dealkylation sites (tertiary alicyclic amines) is 1. The van der Waals surface area contributed by atoms with E-state index in [1.165, 1.54) is 12.5 Å². The van der Waals surface area contributed by atoms with Crippen LogP contribution in [0.1, 0.15) is 35.7 Å². The van der Waals surface area contributed by atoms with Gasteiger partial charge in [0.15, 0.2) is 0 Å². The van der Waals surface area contributed by atoms with E-state index in [0.717, 1.165) is 43.4 Å². The van der Waals surface area contributed by atoms with Crippen LogP contribution in [0.4, 0.5) is 0 Å². The summed E-state index contributed by atoms with van der Waals surface area (Å²) in [6, 6.07) is 7.74. The number of nitrogens with zero attached hydrogens (tertiary/aromatic N) is 1. The fourth-order valence-electron chi connectivity index (χ4n) is 2.55. The van der Waals surface area contributed by atoms with E-state index in [2.05, 4.69) is 21.2 Å². The second kappa shape index (κ2) is 7.59. The Morgan fingerprint density at radius 3 is 2.38 bits per heavy atom. The van der Waals surface area contributed by atoms with E-state index < -0.39 is 0 Å². The minimum Gasteiger partial charge on any atom is -0.356 e. The predicted molar refractivity (Wildman–Crippen MR) is 86.4 cm³/mol. The zero-order valence-electron chi connectivity index (χ0n) is 12.3. The van der Waals surface area contributed by atoms with Gasteiger partial charge < -0.3 is 10.2 Å². The highest BCUT2D eigenvalue weighted by Gasteiger charge is 2.23. The number of piperidine rings is 1. The van der Waals surface area contributed by atoms with Crippen LogP contribution in [0.3, 0.4) is 0 Å². The summed E-state index contributed by atoms with van der Waals surface area (Å²) >= 11 is 3.40. The molecule has 1 fully saturated rings. The van der Waals surface area contributed by atoms with Gasteiger partial charge in [0.05, 0.1) is 0 Å². The maximum Gasteiger partial charge on any atom is 0.253 e. The first-order valence-electron chi connectivity index (χ1n) is 7.28. The monoisotopic (exact) mass is 352 g/mol. The Labute approximate surface area is 134 Å². The summed E-state index contributed by atoms with van der Waals surface area (Å²) in [6.45, 7) is 3.79. The first-order chi connectivity index (χ1) is 10.1. The number of hydrogen-bond acceptors (Lipinski definition) is 2. The molecule has 1 heterocycles. The number of amides is 2. The number of alkyl halides is 1. The Hall–Kier alpha value is -1.36. The largest absolute Gasteiger partial charge is 0.356 e. The number of carbonyl (C=O) groups is 2. The molecule has 0 radical (unpaired) electrons. The van der Waals surface area contributed by atoms with Crippen LogP contribution in [0.5, 0.6) is 0 Å². The van der Waals surface area contributed by atoms with Crippen molar-refractivity contribution in [2.75, 3.05) is 19.6 Å². The average molecular weight is 353 g/mol. The summed E-state index contributed by atoms with van der Waals surface area (Å²) in [5.74, 6) is 0.600. The molecular formula is C16H21BrN2O2. The number of rotatable bonds is 4. The quantitative estimate of drug-likeness (QED) is 0.846. The summed E-state index contributed by atoms with van der Waals surface area (Å²) in [4.78, 5) is 25.2. The Kier molecular flexibility index (Phi) is 5.79. The summed E-state index contributed by atoms with van der Waals surface area (Å²) in [6.07, 6.45) is 1.90. The highest BCUT2D eigenvalue weighted by molar-refractivity contribution is 9.08. The number of halogens is 1. The van der Waals surface area contributed by atoms with Crippen molar-refractivity contribution in [3.63, 3.8) is 0 Å². The number of carbonyl (C=O) groups excluding carboxylic acids is 2. The molecule has 1 aliphatic rings. The zero-order valence-corrected chi connectivity index (χ0v) is 13.9. The van der Waals surface area contributed by atoms with E-state index in [1.54, 1.807) is 0 Å². The SMILES string of the molecule is CC(=O)NCC1CCN(C(=O)c2ccc(CBr)cc2)CC1. The molecule has 1 aromatic rings. The van der Waals surface area contributed by atoms with Crippen LogP contribution >= 0.6 is 15.9 Å². The molecule has 0 atom stereocenters. The van der Waals surface area contributed by atoms with E-state index in [4.69, 9.17) is 0 Å². The minimum absolute atomic E-state index is 0.0142. The maximum absolute atomic E-state index is 12.4. The molecule has 0 spiro atoms. The molecule has 1 aromatic carbocycles. The van der Waals surface area contributed by atoms with Crippen molar-refractivity contribution >= 4 is 27.7 Å². The average Bonchev–Trinajstić information content (AvgIpc) is 2.53. The lowest BCUT2D eigenvalue weighted by Crippen LogP contribution is -2.41. The molecule has 1 aliphatic heterocycles. The van der Waals surface area contributed by atoms with Gasteiger partial charge in [-0.2, -0.15) is 0 Å². The van der Waals surface area contributed by atoms with Crippen LogP contribution in [0.25, 0.3) is 0 Å². The van der Waals surface area contributed by atoms with Crippen molar-refractivity contribution < 1.29 is 9.59 Å². The van der Waals surface area contributed by atoms with Crippen molar-refractivity contribution in [1.29, 1.82) is 0 Å². The third kappa shape index (κ3) is 4.56. The van der Waals surface area contributed by atoms with E-state index >= 15 is 0 Å². The van der Waals surface area contributed by atoms with Crippen LogP contribution < -0.4 is 5.32 Å². The van der Waals surface area contributed by atoms with E-state index in [1.807, 2.05) is 29.2 Å². The number of benzene rings is 1. The van der Waals surface area contributed by atoms with Crippen LogP contribution in [-0.2, 0) is 10.1 Å². The molecule has 1 saturated heterocycles. The zero-order chi connectivity index (χ0) is 15.2. The lowest BCUT2D eigenvalue weighted by molar-refractivity contribution is -0.119. The Morgan fingerprint density at radius 1 is 1.24 bits per heavy atom. The van der Waals surface area contributed by atoms with Crippen LogP contribution in [0.15, 0.2) is 24.3 Å². The number of hydrogen-bond donors (Lipinski definition) is 1. The van der Waals surface area contributed by atoms with Gasteiger partial charge in [0, 0.05) is 37.5 Å². The second-order valence-electron chi connectivity index (χ2n) is 5.50. The molecular weight excluding hydrogens is 332 g/mol. The van der Waals surface area contributed by atoms with E-state index in [9.17, 15) is 9.59 Å². The van der Waals surface area contributed by atoms with Gasteiger partial charge in [-0.15, -0.1) is 0 Å². The molecule has 0 bridgehead atoms. The maximum atomic E-state index is 12.4. The first-order valence-corrected chi connectivity index (χ1v) is 8.41. The predicted octanol–water partition coefficient (Wildman–Crippen LogP) is 2.57. The van der Waals surface area contributed by atoms with Gasteiger partial charge in [-0.3, -0.25) is 9.59 Å². The van der Waals surface area contributed by atoms with Crippen molar-refractivity contribution in [3.05, 3.63) is 35.4 Å². The van der Waals surface area contributed by atoms with Crippen molar-refractivity contribution in [1.82, 2.24) is 10.2 Å². The van der Waals surface area contributed by atoms with Gasteiger partial charge >= 0.3 is 0 Å². The summed E-state index contributed by atoms with van der Waals surface area (Å²) < 4.78 is 0. The third-order valence-electron chi connectivity index (χ3n) is 3.90. The first kappa shape index (κ1) is 16.0. The molecule has 21 heavy (non-hydrogen) atoms.